The van der Waals surface area contributed by atoms with Crippen LogP contribution in [0.2, 0.25) is 5.02 Å². The van der Waals surface area contributed by atoms with Gasteiger partial charge in [-0.1, -0.05) is 11.6 Å². The number of rotatable bonds is 4. The number of hydrogen-bond acceptors (Lipinski definition) is 6. The molecule has 0 spiro atoms. The molecule has 2 aromatic rings. The Morgan fingerprint density at radius 1 is 1.47 bits per heavy atom. The van der Waals surface area contributed by atoms with Crippen molar-refractivity contribution in [3.63, 3.8) is 0 Å². The summed E-state index contributed by atoms with van der Waals surface area (Å²) in [5.74, 6) is 0.376. The van der Waals surface area contributed by atoms with Gasteiger partial charge in [-0.15, -0.1) is 0 Å². The summed E-state index contributed by atoms with van der Waals surface area (Å²) in [6, 6.07) is 5.05. The van der Waals surface area contributed by atoms with Crippen LogP contribution in [0.15, 0.2) is 29.5 Å². The number of nitrogens with one attached hydrogen (secondary N) is 1. The number of hydrogen-bond donors (Lipinski definition) is 3. The molecule has 0 aliphatic rings. The van der Waals surface area contributed by atoms with Crippen molar-refractivity contribution in [1.82, 2.24) is 9.97 Å². The lowest BCUT2D eigenvalue weighted by atomic mass is 10.1. The van der Waals surface area contributed by atoms with Crippen molar-refractivity contribution in [1.29, 1.82) is 0 Å². The first kappa shape index (κ1) is 13.3. The van der Waals surface area contributed by atoms with Gasteiger partial charge < -0.3 is 10.8 Å². The van der Waals surface area contributed by atoms with Gasteiger partial charge in [-0.05, 0) is 18.2 Å². The molecule has 2 aromatic heterocycles. The molecule has 4 N–H and O–H groups in total. The van der Waals surface area contributed by atoms with Crippen LogP contribution in [-0.2, 0) is 6.61 Å². The third-order valence-electron chi connectivity index (χ3n) is 2.45. The standard InChI is InChI=1S/C12H12ClN5O/c1-15-18-12-10(14)4-9(13)11(17-12)7-2-3-8(6-19)16-5-7/h2-5,19H,1,6,14H2,(H,17,18). The highest BCUT2D eigenvalue weighted by Crippen LogP contribution is 2.30. The Labute approximate surface area is 115 Å². The number of aliphatic hydroxyl groups is 1. The van der Waals surface area contributed by atoms with E-state index in [0.717, 1.165) is 0 Å². The summed E-state index contributed by atoms with van der Waals surface area (Å²) < 4.78 is 0. The smallest absolute Gasteiger partial charge is 0.170 e. The Morgan fingerprint density at radius 2 is 2.26 bits per heavy atom. The third kappa shape index (κ3) is 2.81. The Hall–Kier alpha value is -2.18. The number of anilines is 2. The molecule has 0 unspecified atom stereocenters. The summed E-state index contributed by atoms with van der Waals surface area (Å²) in [6.45, 7) is 3.20. The first-order chi connectivity index (χ1) is 9.15. The molecular formula is C12H12ClN5O. The average molecular weight is 278 g/mol. The molecule has 0 radical (unpaired) electrons. The van der Waals surface area contributed by atoms with Crippen molar-refractivity contribution < 1.29 is 5.11 Å². The number of aromatic nitrogens is 2. The quantitative estimate of drug-likeness (QED) is 0.586. The molecule has 7 heteroatoms. The van der Waals surface area contributed by atoms with E-state index in [1.807, 2.05) is 0 Å². The van der Waals surface area contributed by atoms with Crippen molar-refractivity contribution in [3.8, 4) is 11.3 Å². The molecule has 19 heavy (non-hydrogen) atoms. The van der Waals surface area contributed by atoms with Gasteiger partial charge in [-0.25, -0.2) is 4.98 Å². The van der Waals surface area contributed by atoms with Gasteiger partial charge in [0.15, 0.2) is 5.82 Å². The summed E-state index contributed by atoms with van der Waals surface area (Å²) in [7, 11) is 0. The first-order valence-corrected chi connectivity index (χ1v) is 5.77. The van der Waals surface area contributed by atoms with Crippen molar-refractivity contribution in [2.24, 2.45) is 5.10 Å². The van der Waals surface area contributed by atoms with Gasteiger partial charge >= 0.3 is 0 Å². The maximum Gasteiger partial charge on any atom is 0.170 e. The van der Waals surface area contributed by atoms with E-state index in [1.54, 1.807) is 24.4 Å². The van der Waals surface area contributed by atoms with E-state index in [2.05, 4.69) is 27.2 Å². The minimum atomic E-state index is -0.115. The maximum atomic E-state index is 8.95. The number of nitrogens with zero attached hydrogens (tertiary/aromatic N) is 3. The average Bonchev–Trinajstić information content (AvgIpc) is 2.42. The van der Waals surface area contributed by atoms with Crippen LogP contribution in [-0.4, -0.2) is 21.8 Å². The van der Waals surface area contributed by atoms with Crippen LogP contribution in [0.4, 0.5) is 11.5 Å². The van der Waals surface area contributed by atoms with Crippen molar-refractivity contribution >= 4 is 29.8 Å². The lowest BCUT2D eigenvalue weighted by Gasteiger charge is -2.09. The van der Waals surface area contributed by atoms with Gasteiger partial charge in [0, 0.05) is 18.5 Å². The Kier molecular flexibility index (Phi) is 3.94. The number of aliphatic hydroxyl groups excluding tert-OH is 1. The van der Waals surface area contributed by atoms with Gasteiger partial charge in [0.05, 0.1) is 28.7 Å². The highest BCUT2D eigenvalue weighted by molar-refractivity contribution is 6.33. The fourth-order valence-corrected chi connectivity index (χ4v) is 1.80. The molecule has 2 heterocycles. The molecule has 0 saturated heterocycles. The predicted molar refractivity (Wildman–Crippen MR) is 76.0 cm³/mol. The summed E-state index contributed by atoms with van der Waals surface area (Å²) in [5.41, 5.74) is 10.5. The number of nitrogens with two attached hydrogens (primary N) is 1. The summed E-state index contributed by atoms with van der Waals surface area (Å²) in [6.07, 6.45) is 1.58. The molecule has 98 valence electrons. The van der Waals surface area contributed by atoms with E-state index >= 15 is 0 Å². The number of nitrogen functional groups attached to an aromatic ring is 1. The minimum absolute atomic E-state index is 0.115. The van der Waals surface area contributed by atoms with Gasteiger partial charge in [-0.2, -0.15) is 5.10 Å². The third-order valence-corrected chi connectivity index (χ3v) is 2.74. The molecule has 0 saturated carbocycles. The second kappa shape index (κ2) is 5.64. The van der Waals surface area contributed by atoms with Crippen LogP contribution in [0, 0.1) is 0 Å². The highest BCUT2D eigenvalue weighted by Gasteiger charge is 2.10. The van der Waals surface area contributed by atoms with Crippen molar-refractivity contribution in [2.45, 2.75) is 6.61 Å². The largest absolute Gasteiger partial charge is 0.396 e. The van der Waals surface area contributed by atoms with E-state index in [0.29, 0.717) is 33.5 Å². The summed E-state index contributed by atoms with van der Waals surface area (Å²) >= 11 is 6.12. The van der Waals surface area contributed by atoms with Crippen LogP contribution in [0.1, 0.15) is 5.69 Å². The monoisotopic (exact) mass is 277 g/mol. The topological polar surface area (TPSA) is 96.4 Å². The van der Waals surface area contributed by atoms with E-state index < -0.39 is 0 Å². The second-order valence-electron chi connectivity index (χ2n) is 3.72. The van der Waals surface area contributed by atoms with Gasteiger partial charge in [0.1, 0.15) is 0 Å². The predicted octanol–water partition coefficient (Wildman–Crippen LogP) is 1.90. The molecular weight excluding hydrogens is 266 g/mol. The molecule has 0 amide bonds. The van der Waals surface area contributed by atoms with Gasteiger partial charge in [-0.3, -0.25) is 10.4 Å². The van der Waals surface area contributed by atoms with Gasteiger partial charge in [0.25, 0.3) is 0 Å². The van der Waals surface area contributed by atoms with Gasteiger partial charge in [0.2, 0.25) is 0 Å². The lowest BCUT2D eigenvalue weighted by Crippen LogP contribution is -2.00. The molecule has 0 atom stereocenters. The Balaban J connectivity index is 2.47. The van der Waals surface area contributed by atoms with Crippen LogP contribution in [0.5, 0.6) is 0 Å². The normalized spacial score (nSPS) is 10.2. The molecule has 0 aromatic carbocycles. The highest BCUT2D eigenvalue weighted by atomic mass is 35.5. The zero-order valence-corrected chi connectivity index (χ0v) is 10.7. The van der Waals surface area contributed by atoms with E-state index in [9.17, 15) is 0 Å². The number of halogens is 1. The number of hydrazone groups is 1. The molecule has 2 rings (SSSR count). The Morgan fingerprint density at radius 3 is 2.84 bits per heavy atom. The van der Waals surface area contributed by atoms with Crippen molar-refractivity contribution in [2.75, 3.05) is 11.2 Å². The molecule has 0 fully saturated rings. The lowest BCUT2D eigenvalue weighted by molar-refractivity contribution is 0.277. The Bertz CT molecular complexity index is 600. The molecule has 0 aliphatic carbocycles. The molecule has 0 bridgehead atoms. The van der Waals surface area contributed by atoms with Crippen LogP contribution < -0.4 is 11.2 Å². The minimum Gasteiger partial charge on any atom is -0.396 e. The zero-order valence-electron chi connectivity index (χ0n) is 9.97. The summed E-state index contributed by atoms with van der Waals surface area (Å²) in [5, 5.41) is 12.9. The summed E-state index contributed by atoms with van der Waals surface area (Å²) in [4.78, 5) is 8.36. The SMILES string of the molecule is C=NNc1nc(-c2ccc(CO)nc2)c(Cl)cc1N. The van der Waals surface area contributed by atoms with E-state index in [1.165, 1.54) is 0 Å². The van der Waals surface area contributed by atoms with Crippen LogP contribution in [0.3, 0.4) is 0 Å². The molecule has 6 nitrogen and oxygen atoms in total. The van der Waals surface area contributed by atoms with Crippen LogP contribution >= 0.6 is 11.6 Å². The van der Waals surface area contributed by atoms with E-state index in [-0.39, 0.29) is 6.61 Å². The van der Waals surface area contributed by atoms with Crippen LogP contribution in [0.25, 0.3) is 11.3 Å². The fourth-order valence-electron chi connectivity index (χ4n) is 1.53. The van der Waals surface area contributed by atoms with Crippen molar-refractivity contribution in [3.05, 3.63) is 35.1 Å². The maximum absolute atomic E-state index is 8.95. The van der Waals surface area contributed by atoms with E-state index in [4.69, 9.17) is 22.4 Å². The first-order valence-electron chi connectivity index (χ1n) is 5.39. The second-order valence-corrected chi connectivity index (χ2v) is 4.13. The number of pyridine rings is 2. The fraction of sp³-hybridized carbons (Fsp3) is 0.0833. The molecule has 0 aliphatic heterocycles. The zero-order chi connectivity index (χ0) is 13.8.